The third kappa shape index (κ3) is 9.61. The van der Waals surface area contributed by atoms with E-state index in [1.807, 2.05) is 6.07 Å². The van der Waals surface area contributed by atoms with E-state index in [0.29, 0.717) is 55.5 Å². The van der Waals surface area contributed by atoms with Crippen LogP contribution in [0.2, 0.25) is 0 Å². The van der Waals surface area contributed by atoms with Crippen LogP contribution in [0.5, 0.6) is 11.6 Å². The number of halogens is 3. The average molecular weight is 687 g/mol. The molecule has 47 heavy (non-hydrogen) atoms. The first-order valence-corrected chi connectivity index (χ1v) is 16.2. The van der Waals surface area contributed by atoms with Gasteiger partial charge in [0.25, 0.3) is 5.91 Å². The number of ether oxygens (including phenoxy) is 1. The number of carbonyl (C=O) groups is 2. The largest absolute Gasteiger partial charge is 0.439 e. The number of carbonyl (C=O) groups excluding carboxylic acids is 2. The number of aromatic nitrogens is 1. The molecule has 1 fully saturated rings. The van der Waals surface area contributed by atoms with Gasteiger partial charge in [-0.25, -0.2) is 27.0 Å². The second kappa shape index (κ2) is 15.2. The van der Waals surface area contributed by atoms with Gasteiger partial charge in [-0.05, 0) is 79.1 Å². The molecule has 4 N–H and O–H groups in total. The van der Waals surface area contributed by atoms with Crippen molar-refractivity contribution in [1.82, 2.24) is 9.88 Å². The number of likely N-dealkylation sites (tertiary alicyclic amines) is 1. The van der Waals surface area contributed by atoms with Crippen LogP contribution in [0.25, 0.3) is 0 Å². The predicted octanol–water partition coefficient (Wildman–Crippen LogP) is 5.75. The highest BCUT2D eigenvalue weighted by Crippen LogP contribution is 2.28. The molecule has 3 amide bonds. The van der Waals surface area contributed by atoms with Gasteiger partial charge in [0.15, 0.2) is 0 Å². The quantitative estimate of drug-likeness (QED) is 0.193. The molecule has 0 unspecified atom stereocenters. The van der Waals surface area contributed by atoms with Crippen LogP contribution in [0, 0.1) is 11.6 Å². The van der Waals surface area contributed by atoms with Gasteiger partial charge in [0.1, 0.15) is 17.4 Å². The normalized spacial score (nSPS) is 13.7. The SMILES string of the molecule is CS(=O)(=O)Nc1ccc(Oc2ccc(CN3CCC(N(C(=O)Nc4ccc(F)c(C(N)=O)c4)c4cccc(F)c4)CC3)cn2)cc1.Cl. The molecule has 1 saturated heterocycles. The summed E-state index contributed by atoms with van der Waals surface area (Å²) in [6, 6.07) is 18.6. The van der Waals surface area contributed by atoms with Crippen LogP contribution < -0.4 is 25.4 Å². The van der Waals surface area contributed by atoms with Crippen LogP contribution in [-0.2, 0) is 16.6 Å². The minimum Gasteiger partial charge on any atom is -0.439 e. The molecule has 0 radical (unpaired) electrons. The molecular formula is C32H33ClF2N6O5S. The highest BCUT2D eigenvalue weighted by atomic mass is 35.5. The molecule has 248 valence electrons. The number of rotatable bonds is 10. The minimum atomic E-state index is -3.37. The lowest BCUT2D eigenvalue weighted by Crippen LogP contribution is -2.49. The predicted molar refractivity (Wildman–Crippen MR) is 178 cm³/mol. The Morgan fingerprint density at radius 3 is 2.32 bits per heavy atom. The Balaban J connectivity index is 0.00000500. The Kier molecular flexibility index (Phi) is 11.3. The average Bonchev–Trinajstić information content (AvgIpc) is 3.00. The van der Waals surface area contributed by atoms with Crippen molar-refractivity contribution in [2.45, 2.75) is 25.4 Å². The summed E-state index contributed by atoms with van der Waals surface area (Å²) in [5.74, 6) is -1.37. The van der Waals surface area contributed by atoms with E-state index in [0.717, 1.165) is 17.9 Å². The minimum absolute atomic E-state index is 0. The van der Waals surface area contributed by atoms with Crippen LogP contribution in [0.4, 0.5) is 30.6 Å². The zero-order valence-electron chi connectivity index (χ0n) is 25.2. The van der Waals surface area contributed by atoms with Gasteiger partial charge in [-0.2, -0.15) is 0 Å². The third-order valence-electron chi connectivity index (χ3n) is 7.29. The van der Waals surface area contributed by atoms with E-state index < -0.39 is 33.6 Å². The number of sulfonamides is 1. The van der Waals surface area contributed by atoms with E-state index in [1.54, 1.807) is 42.6 Å². The van der Waals surface area contributed by atoms with E-state index in [4.69, 9.17) is 10.5 Å². The smallest absolute Gasteiger partial charge is 0.326 e. The first kappa shape index (κ1) is 35.1. The van der Waals surface area contributed by atoms with Gasteiger partial charge >= 0.3 is 6.03 Å². The fourth-order valence-corrected chi connectivity index (χ4v) is 5.74. The first-order chi connectivity index (χ1) is 21.9. The summed E-state index contributed by atoms with van der Waals surface area (Å²) in [5.41, 5.74) is 6.83. The molecule has 4 aromatic rings. The molecule has 5 rings (SSSR count). The maximum atomic E-state index is 14.2. The maximum Gasteiger partial charge on any atom is 0.326 e. The summed E-state index contributed by atoms with van der Waals surface area (Å²) in [6.45, 7) is 1.92. The summed E-state index contributed by atoms with van der Waals surface area (Å²) >= 11 is 0. The highest BCUT2D eigenvalue weighted by molar-refractivity contribution is 7.92. The van der Waals surface area contributed by atoms with Crippen LogP contribution in [0.15, 0.2) is 85.1 Å². The van der Waals surface area contributed by atoms with Crippen LogP contribution in [-0.4, -0.2) is 55.6 Å². The van der Waals surface area contributed by atoms with Gasteiger partial charge in [-0.15, -0.1) is 12.4 Å². The Hall–Kier alpha value is -4.79. The second-order valence-electron chi connectivity index (χ2n) is 10.9. The molecule has 3 aromatic carbocycles. The molecule has 15 heteroatoms. The van der Waals surface area contributed by atoms with Gasteiger partial charge in [-0.1, -0.05) is 12.1 Å². The molecule has 1 aromatic heterocycles. The number of benzene rings is 3. The number of urea groups is 1. The molecule has 0 spiro atoms. The van der Waals surface area contributed by atoms with Crippen LogP contribution >= 0.6 is 12.4 Å². The van der Waals surface area contributed by atoms with Gasteiger partial charge in [0, 0.05) is 55.0 Å². The van der Waals surface area contributed by atoms with Crippen LogP contribution in [0.1, 0.15) is 28.8 Å². The summed E-state index contributed by atoms with van der Waals surface area (Å²) in [7, 11) is -3.37. The number of nitrogens with one attached hydrogen (secondary N) is 2. The monoisotopic (exact) mass is 686 g/mol. The van der Waals surface area contributed by atoms with Crippen molar-refractivity contribution in [2.75, 3.05) is 34.3 Å². The molecule has 0 bridgehead atoms. The zero-order valence-corrected chi connectivity index (χ0v) is 26.9. The molecule has 11 nitrogen and oxygen atoms in total. The lowest BCUT2D eigenvalue weighted by molar-refractivity contribution is 0.0996. The Morgan fingerprint density at radius 1 is 1.00 bits per heavy atom. The number of primary amides is 1. The van der Waals surface area contributed by atoms with Crippen LogP contribution in [0.3, 0.4) is 0 Å². The van der Waals surface area contributed by atoms with Crippen molar-refractivity contribution < 1.29 is 31.5 Å². The van der Waals surface area contributed by atoms with E-state index >= 15 is 0 Å². The standard InChI is InChI=1S/C32H32F2N6O5S.ClH/c1-46(43,44)38-23-6-9-27(10-7-23)45-30-12-5-21(19-36-30)20-39-15-13-25(14-16-39)40(26-4-2-3-22(33)17-26)32(42)37-24-8-11-29(34)28(18-24)31(35)41;/h2-12,17-19,25,38H,13-16,20H2,1H3,(H2,35,41)(H,37,42);1H. The fourth-order valence-electron chi connectivity index (χ4n) is 5.18. The molecule has 0 saturated carbocycles. The molecular weight excluding hydrogens is 654 g/mol. The number of hydrogen-bond acceptors (Lipinski definition) is 7. The molecule has 1 aliphatic rings. The zero-order chi connectivity index (χ0) is 32.8. The number of pyridine rings is 1. The molecule has 1 aliphatic heterocycles. The lowest BCUT2D eigenvalue weighted by Gasteiger charge is -2.38. The number of nitrogens with zero attached hydrogens (tertiary/aromatic N) is 3. The van der Waals surface area contributed by atoms with Crippen molar-refractivity contribution in [3.8, 4) is 11.6 Å². The first-order valence-electron chi connectivity index (χ1n) is 14.3. The molecule has 0 atom stereocenters. The second-order valence-corrected chi connectivity index (χ2v) is 12.6. The van der Waals surface area contributed by atoms with Gasteiger partial charge in [-0.3, -0.25) is 19.3 Å². The summed E-state index contributed by atoms with van der Waals surface area (Å²) in [6.07, 6.45) is 3.99. The summed E-state index contributed by atoms with van der Waals surface area (Å²) in [5, 5.41) is 2.69. The fraction of sp³-hybridized carbons (Fsp3) is 0.219. The van der Waals surface area contributed by atoms with Crippen molar-refractivity contribution in [3.63, 3.8) is 0 Å². The number of piperidine rings is 1. The summed E-state index contributed by atoms with van der Waals surface area (Å²) < 4.78 is 59.1. The highest BCUT2D eigenvalue weighted by Gasteiger charge is 2.30. The van der Waals surface area contributed by atoms with Crippen molar-refractivity contribution >= 4 is 51.4 Å². The van der Waals surface area contributed by atoms with Crippen molar-refractivity contribution in [1.29, 1.82) is 0 Å². The lowest BCUT2D eigenvalue weighted by atomic mass is 10.0. The van der Waals surface area contributed by atoms with E-state index in [2.05, 4.69) is 19.9 Å². The topological polar surface area (TPSA) is 147 Å². The Labute approximate surface area is 277 Å². The van der Waals surface area contributed by atoms with E-state index in [9.17, 15) is 26.8 Å². The van der Waals surface area contributed by atoms with E-state index in [1.165, 1.54) is 35.2 Å². The van der Waals surface area contributed by atoms with E-state index in [-0.39, 0.29) is 29.7 Å². The molecule has 0 aliphatic carbocycles. The van der Waals surface area contributed by atoms with Gasteiger partial charge in [0.05, 0.1) is 11.8 Å². The number of nitrogens with two attached hydrogens (primary N) is 1. The van der Waals surface area contributed by atoms with Crippen molar-refractivity contribution in [3.05, 3.63) is 108 Å². The Bertz CT molecular complexity index is 1820. The van der Waals surface area contributed by atoms with Crippen molar-refractivity contribution in [2.24, 2.45) is 5.73 Å². The molecule has 2 heterocycles. The number of anilines is 3. The maximum absolute atomic E-state index is 14.2. The van der Waals surface area contributed by atoms with Gasteiger partial charge in [0.2, 0.25) is 15.9 Å². The Morgan fingerprint density at radius 2 is 1.70 bits per heavy atom. The number of hydrogen-bond donors (Lipinski definition) is 3. The third-order valence-corrected chi connectivity index (χ3v) is 7.90. The number of amides is 3. The van der Waals surface area contributed by atoms with Gasteiger partial charge < -0.3 is 15.8 Å². The summed E-state index contributed by atoms with van der Waals surface area (Å²) in [4.78, 5) is 33.2.